The number of carboxylic acids is 1. The molecule has 0 saturated carbocycles. The number of nitrogens with two attached hydrogens (primary N) is 1. The van der Waals surface area contributed by atoms with Crippen LogP contribution in [-0.2, 0) is 11.2 Å². The lowest BCUT2D eigenvalue weighted by molar-refractivity contribution is -0.136. The maximum atomic E-state index is 10.6. The first-order valence-corrected chi connectivity index (χ1v) is 4.75. The van der Waals surface area contributed by atoms with E-state index < -0.39 is 5.97 Å². The molecule has 0 radical (unpaired) electrons. The summed E-state index contributed by atoms with van der Waals surface area (Å²) < 4.78 is 5.05. The molecule has 0 spiro atoms. The average molecular weight is 219 g/mol. The molecule has 0 aliphatic carbocycles. The number of carbonyl (C=O) groups is 1. The molecule has 0 saturated heterocycles. The van der Waals surface area contributed by atoms with Gasteiger partial charge in [-0.05, 0) is 17.7 Å². The maximum Gasteiger partial charge on any atom is 0.307 e. The molecule has 0 heterocycles. The molecule has 4 heteroatoms. The average Bonchev–Trinajstić information content (AvgIpc) is 2.27. The number of rotatable bonds is 3. The van der Waals surface area contributed by atoms with Crippen molar-refractivity contribution in [3.05, 3.63) is 29.3 Å². The van der Waals surface area contributed by atoms with Gasteiger partial charge in [0, 0.05) is 5.56 Å². The lowest BCUT2D eigenvalue weighted by Crippen LogP contribution is -2.03. The number of benzene rings is 1. The van der Waals surface area contributed by atoms with E-state index in [-0.39, 0.29) is 13.0 Å². The van der Waals surface area contributed by atoms with Gasteiger partial charge in [0.1, 0.15) is 5.75 Å². The molecule has 0 aromatic heterocycles. The smallest absolute Gasteiger partial charge is 0.307 e. The van der Waals surface area contributed by atoms with E-state index in [0.717, 1.165) is 0 Å². The fourth-order valence-corrected chi connectivity index (χ4v) is 1.26. The second-order valence-corrected chi connectivity index (χ2v) is 3.10. The summed E-state index contributed by atoms with van der Waals surface area (Å²) in [7, 11) is 1.55. The molecule has 3 N–H and O–H groups in total. The van der Waals surface area contributed by atoms with Crippen LogP contribution in [0, 0.1) is 11.8 Å². The monoisotopic (exact) mass is 219 g/mol. The van der Waals surface area contributed by atoms with Gasteiger partial charge in [-0.1, -0.05) is 17.9 Å². The van der Waals surface area contributed by atoms with Gasteiger partial charge in [0.15, 0.2) is 0 Å². The normalized spacial score (nSPS) is 9.12. The summed E-state index contributed by atoms with van der Waals surface area (Å²) in [5.74, 6) is 5.29. The van der Waals surface area contributed by atoms with Gasteiger partial charge in [-0.2, -0.15) is 0 Å². The van der Waals surface area contributed by atoms with E-state index >= 15 is 0 Å². The zero-order valence-electron chi connectivity index (χ0n) is 8.99. The van der Waals surface area contributed by atoms with E-state index in [4.69, 9.17) is 15.6 Å². The quantitative estimate of drug-likeness (QED) is 0.731. The van der Waals surface area contributed by atoms with E-state index in [9.17, 15) is 4.79 Å². The van der Waals surface area contributed by atoms with Crippen molar-refractivity contribution in [2.24, 2.45) is 5.73 Å². The highest BCUT2D eigenvalue weighted by molar-refractivity contribution is 5.71. The van der Waals surface area contributed by atoms with Crippen LogP contribution >= 0.6 is 0 Å². The molecular weight excluding hydrogens is 206 g/mol. The first kappa shape index (κ1) is 12.1. The van der Waals surface area contributed by atoms with Gasteiger partial charge in [-0.15, -0.1) is 0 Å². The second-order valence-electron chi connectivity index (χ2n) is 3.10. The Morgan fingerprint density at radius 3 is 2.88 bits per heavy atom. The Bertz CT molecular complexity index is 443. The zero-order valence-corrected chi connectivity index (χ0v) is 8.99. The van der Waals surface area contributed by atoms with Crippen molar-refractivity contribution in [3.8, 4) is 17.6 Å². The van der Waals surface area contributed by atoms with Gasteiger partial charge < -0.3 is 15.6 Å². The topological polar surface area (TPSA) is 72.5 Å². The molecule has 1 aromatic carbocycles. The van der Waals surface area contributed by atoms with Gasteiger partial charge in [-0.25, -0.2) is 0 Å². The van der Waals surface area contributed by atoms with Gasteiger partial charge in [0.25, 0.3) is 0 Å². The van der Waals surface area contributed by atoms with Crippen molar-refractivity contribution >= 4 is 5.97 Å². The van der Waals surface area contributed by atoms with Crippen LogP contribution < -0.4 is 10.5 Å². The molecule has 4 nitrogen and oxygen atoms in total. The van der Waals surface area contributed by atoms with Crippen molar-refractivity contribution in [2.75, 3.05) is 13.7 Å². The molecule has 16 heavy (non-hydrogen) atoms. The van der Waals surface area contributed by atoms with Gasteiger partial charge in [0.05, 0.1) is 20.1 Å². The van der Waals surface area contributed by atoms with Gasteiger partial charge in [-0.3, -0.25) is 4.79 Å². The van der Waals surface area contributed by atoms with Crippen molar-refractivity contribution < 1.29 is 14.6 Å². The predicted molar refractivity (Wildman–Crippen MR) is 60.3 cm³/mol. The lowest BCUT2D eigenvalue weighted by Gasteiger charge is -2.05. The number of ether oxygens (including phenoxy) is 1. The molecule has 1 rings (SSSR count). The predicted octanol–water partition coefficient (Wildman–Crippen LogP) is 0.632. The van der Waals surface area contributed by atoms with Crippen LogP contribution in [0.2, 0.25) is 0 Å². The fraction of sp³-hybridized carbons (Fsp3) is 0.250. The minimum absolute atomic E-state index is 0.0570. The highest BCUT2D eigenvalue weighted by Gasteiger charge is 2.06. The fourth-order valence-electron chi connectivity index (χ4n) is 1.26. The molecule has 0 atom stereocenters. The Morgan fingerprint density at radius 2 is 2.31 bits per heavy atom. The molecule has 0 unspecified atom stereocenters. The van der Waals surface area contributed by atoms with Crippen LogP contribution in [0.15, 0.2) is 18.2 Å². The number of hydrogen-bond acceptors (Lipinski definition) is 3. The third kappa shape index (κ3) is 3.30. The summed E-state index contributed by atoms with van der Waals surface area (Å²) >= 11 is 0. The second kappa shape index (κ2) is 5.79. The molecule has 84 valence electrons. The summed E-state index contributed by atoms with van der Waals surface area (Å²) in [6.07, 6.45) is -0.0570. The minimum Gasteiger partial charge on any atom is -0.497 e. The van der Waals surface area contributed by atoms with E-state index in [0.29, 0.717) is 16.9 Å². The molecule has 1 aromatic rings. The first-order valence-electron chi connectivity index (χ1n) is 4.75. The van der Waals surface area contributed by atoms with Crippen molar-refractivity contribution in [3.63, 3.8) is 0 Å². The van der Waals surface area contributed by atoms with Crippen LogP contribution in [0.3, 0.4) is 0 Å². The molecule has 0 aliphatic rings. The maximum absolute atomic E-state index is 10.6. The van der Waals surface area contributed by atoms with Crippen molar-refractivity contribution in [2.45, 2.75) is 6.42 Å². The molecular formula is C12H13NO3. The lowest BCUT2D eigenvalue weighted by atomic mass is 10.0. The Kier molecular flexibility index (Phi) is 4.37. The van der Waals surface area contributed by atoms with E-state index in [2.05, 4.69) is 11.8 Å². The van der Waals surface area contributed by atoms with Crippen molar-refractivity contribution in [1.29, 1.82) is 0 Å². The molecule has 0 amide bonds. The van der Waals surface area contributed by atoms with Gasteiger partial charge in [0.2, 0.25) is 0 Å². The zero-order chi connectivity index (χ0) is 12.0. The van der Waals surface area contributed by atoms with Crippen molar-refractivity contribution in [1.82, 2.24) is 0 Å². The summed E-state index contributed by atoms with van der Waals surface area (Å²) in [5.41, 5.74) is 6.58. The van der Waals surface area contributed by atoms with Crippen LogP contribution in [0.4, 0.5) is 0 Å². The highest BCUT2D eigenvalue weighted by atomic mass is 16.5. The number of carboxylic acid groups (broad SMARTS) is 1. The van der Waals surface area contributed by atoms with E-state index in [1.807, 2.05) is 0 Å². The molecule has 0 aliphatic heterocycles. The summed E-state index contributed by atoms with van der Waals surface area (Å²) in [6, 6.07) is 5.13. The standard InChI is InChI=1S/C12H13NO3/c1-16-11-5-4-10(8-12(14)15)9(7-11)3-2-6-13/h4-5,7H,6,8,13H2,1H3,(H,14,15). The Labute approximate surface area is 94.0 Å². The Balaban J connectivity index is 3.10. The highest BCUT2D eigenvalue weighted by Crippen LogP contribution is 2.17. The van der Waals surface area contributed by atoms with Crippen LogP contribution in [-0.4, -0.2) is 24.7 Å². The van der Waals surface area contributed by atoms with E-state index in [1.165, 1.54) is 0 Å². The third-order valence-corrected chi connectivity index (χ3v) is 1.98. The minimum atomic E-state index is -0.888. The molecule has 0 fully saturated rings. The SMILES string of the molecule is COc1ccc(CC(=O)O)c(C#CCN)c1. The van der Waals surface area contributed by atoms with Crippen LogP contribution in [0.5, 0.6) is 5.75 Å². The molecule has 0 bridgehead atoms. The Hall–Kier alpha value is -1.99. The number of hydrogen-bond donors (Lipinski definition) is 2. The number of methoxy groups -OCH3 is 1. The van der Waals surface area contributed by atoms with E-state index in [1.54, 1.807) is 25.3 Å². The largest absolute Gasteiger partial charge is 0.497 e. The first-order chi connectivity index (χ1) is 7.67. The summed E-state index contributed by atoms with van der Waals surface area (Å²) in [6.45, 7) is 0.240. The Morgan fingerprint density at radius 1 is 1.56 bits per heavy atom. The van der Waals surface area contributed by atoms with Crippen LogP contribution in [0.1, 0.15) is 11.1 Å². The summed E-state index contributed by atoms with van der Waals surface area (Å²) in [5, 5.41) is 8.74. The summed E-state index contributed by atoms with van der Waals surface area (Å²) in [4.78, 5) is 10.6. The number of aliphatic carboxylic acids is 1. The van der Waals surface area contributed by atoms with Gasteiger partial charge >= 0.3 is 5.97 Å². The van der Waals surface area contributed by atoms with Crippen LogP contribution in [0.25, 0.3) is 0 Å². The third-order valence-electron chi connectivity index (χ3n) is 1.98.